The maximum atomic E-state index is 12.5. The Morgan fingerprint density at radius 1 is 1.07 bits per heavy atom. The molecule has 0 saturated carbocycles. The lowest BCUT2D eigenvalue weighted by molar-refractivity contribution is 0.0961. The Morgan fingerprint density at radius 2 is 1.82 bits per heavy atom. The summed E-state index contributed by atoms with van der Waals surface area (Å²) in [6, 6.07) is 13.8. The molecule has 2 aromatic rings. The zero-order valence-corrected chi connectivity index (χ0v) is 17.1. The van der Waals surface area contributed by atoms with Crippen LogP contribution in [0.2, 0.25) is 0 Å². The van der Waals surface area contributed by atoms with E-state index in [9.17, 15) is 9.59 Å². The predicted molar refractivity (Wildman–Crippen MR) is 115 cm³/mol. The molecule has 28 heavy (non-hydrogen) atoms. The van der Waals surface area contributed by atoms with Crippen LogP contribution >= 0.6 is 12.2 Å². The van der Waals surface area contributed by atoms with Gasteiger partial charge < -0.3 is 15.4 Å². The quantitative estimate of drug-likeness (QED) is 0.620. The first-order valence-electron chi connectivity index (χ1n) is 9.07. The highest BCUT2D eigenvalue weighted by Gasteiger charge is 2.13. The molecule has 2 rings (SSSR count). The first-order valence-corrected chi connectivity index (χ1v) is 9.48. The second-order valence-corrected chi connectivity index (χ2v) is 7.00. The molecule has 0 bridgehead atoms. The molecule has 0 heterocycles. The van der Waals surface area contributed by atoms with E-state index in [1.807, 2.05) is 6.07 Å². The number of hydrogen-bond donors (Lipinski definition) is 3. The van der Waals surface area contributed by atoms with Crippen LogP contribution in [0, 0.1) is 5.92 Å². The summed E-state index contributed by atoms with van der Waals surface area (Å²) >= 11 is 5.22. The normalized spacial score (nSPS) is 10.3. The summed E-state index contributed by atoms with van der Waals surface area (Å²) in [7, 11) is 1.55. The molecule has 0 aliphatic rings. The van der Waals surface area contributed by atoms with Crippen LogP contribution in [0.15, 0.2) is 48.5 Å². The number of benzene rings is 2. The van der Waals surface area contributed by atoms with Gasteiger partial charge in [0.1, 0.15) is 5.75 Å². The highest BCUT2D eigenvalue weighted by molar-refractivity contribution is 7.80. The smallest absolute Gasteiger partial charge is 0.257 e. The Hall–Kier alpha value is -2.93. The van der Waals surface area contributed by atoms with Crippen LogP contribution in [0.3, 0.4) is 0 Å². The molecule has 0 unspecified atom stereocenters. The molecule has 0 spiro atoms. The Balaban J connectivity index is 2.00. The van der Waals surface area contributed by atoms with E-state index in [4.69, 9.17) is 17.0 Å². The fourth-order valence-electron chi connectivity index (χ4n) is 2.39. The van der Waals surface area contributed by atoms with Crippen molar-refractivity contribution in [1.82, 2.24) is 10.6 Å². The predicted octanol–water partition coefficient (Wildman–Crippen LogP) is 3.60. The van der Waals surface area contributed by atoms with Gasteiger partial charge in [-0.1, -0.05) is 32.0 Å². The van der Waals surface area contributed by atoms with Crippen LogP contribution < -0.4 is 20.7 Å². The SMILES string of the molecule is CNC(=O)c1ccccc1NC(=S)NC(=O)c1cccc(OCCC(C)C)c1. The molecule has 0 aliphatic carbocycles. The number of carbonyl (C=O) groups excluding carboxylic acids is 2. The molecule has 0 aliphatic heterocycles. The molecule has 6 nitrogen and oxygen atoms in total. The molecule has 3 N–H and O–H groups in total. The van der Waals surface area contributed by atoms with Crippen LogP contribution in [0.5, 0.6) is 5.75 Å². The molecule has 2 amide bonds. The van der Waals surface area contributed by atoms with E-state index < -0.39 is 0 Å². The molecule has 2 aromatic carbocycles. The first-order chi connectivity index (χ1) is 13.4. The number of rotatable bonds is 7. The lowest BCUT2D eigenvalue weighted by Crippen LogP contribution is -2.34. The number of amides is 2. The third kappa shape index (κ3) is 6.35. The lowest BCUT2D eigenvalue weighted by atomic mass is 10.1. The van der Waals surface area contributed by atoms with Crippen molar-refractivity contribution in [3.05, 3.63) is 59.7 Å². The highest BCUT2D eigenvalue weighted by atomic mass is 32.1. The van der Waals surface area contributed by atoms with Crippen molar-refractivity contribution in [3.8, 4) is 5.75 Å². The van der Waals surface area contributed by atoms with Crippen LogP contribution in [0.1, 0.15) is 41.0 Å². The van der Waals surface area contributed by atoms with Crippen molar-refractivity contribution in [2.45, 2.75) is 20.3 Å². The number of hydrogen-bond acceptors (Lipinski definition) is 4. The second kappa shape index (κ2) is 10.4. The average Bonchev–Trinajstić information content (AvgIpc) is 2.67. The standard InChI is InChI=1S/C21H25N3O3S/c1-14(2)11-12-27-16-8-6-7-15(13-16)19(25)24-21(28)23-18-10-5-4-9-17(18)20(26)22-3/h4-10,13-14H,11-12H2,1-3H3,(H,22,26)(H2,23,24,25,28). The van der Waals surface area contributed by atoms with Gasteiger partial charge in [0.05, 0.1) is 17.9 Å². The van der Waals surface area contributed by atoms with Crippen molar-refractivity contribution < 1.29 is 14.3 Å². The first kappa shape index (κ1) is 21.4. The number of nitrogens with one attached hydrogen (secondary N) is 3. The second-order valence-electron chi connectivity index (χ2n) is 6.59. The summed E-state index contributed by atoms with van der Waals surface area (Å²) < 4.78 is 5.69. The van der Waals surface area contributed by atoms with E-state index in [-0.39, 0.29) is 16.9 Å². The van der Waals surface area contributed by atoms with Gasteiger partial charge in [-0.25, -0.2) is 0 Å². The van der Waals surface area contributed by atoms with Crippen molar-refractivity contribution in [2.75, 3.05) is 19.0 Å². The molecular formula is C21H25N3O3S. The molecule has 0 saturated heterocycles. The van der Waals surface area contributed by atoms with E-state index in [1.54, 1.807) is 49.5 Å². The maximum absolute atomic E-state index is 12.5. The Morgan fingerprint density at radius 3 is 2.54 bits per heavy atom. The number of thiocarbonyl (C=S) groups is 1. The molecule has 0 aromatic heterocycles. The van der Waals surface area contributed by atoms with Gasteiger partial charge in [-0.2, -0.15) is 0 Å². The van der Waals surface area contributed by atoms with E-state index >= 15 is 0 Å². The van der Waals surface area contributed by atoms with Crippen molar-refractivity contribution in [2.24, 2.45) is 5.92 Å². The number of anilines is 1. The third-order valence-corrected chi connectivity index (χ3v) is 4.14. The minimum Gasteiger partial charge on any atom is -0.494 e. The zero-order chi connectivity index (χ0) is 20.5. The van der Waals surface area contributed by atoms with Crippen LogP contribution in [-0.2, 0) is 0 Å². The monoisotopic (exact) mass is 399 g/mol. The molecule has 0 fully saturated rings. The van der Waals surface area contributed by atoms with E-state index in [0.717, 1.165) is 6.42 Å². The summed E-state index contributed by atoms with van der Waals surface area (Å²) in [6.07, 6.45) is 0.940. The minimum atomic E-state index is -0.357. The van der Waals surface area contributed by atoms with Crippen LogP contribution in [0.4, 0.5) is 5.69 Å². The van der Waals surface area contributed by atoms with Crippen LogP contribution in [0.25, 0.3) is 0 Å². The van der Waals surface area contributed by atoms with Crippen molar-refractivity contribution in [1.29, 1.82) is 0 Å². The largest absolute Gasteiger partial charge is 0.494 e. The summed E-state index contributed by atoms with van der Waals surface area (Å²) in [5, 5.41) is 8.19. The van der Waals surface area contributed by atoms with E-state index in [2.05, 4.69) is 29.8 Å². The lowest BCUT2D eigenvalue weighted by Gasteiger charge is -2.13. The summed E-state index contributed by atoms with van der Waals surface area (Å²) in [5.74, 6) is 0.581. The van der Waals surface area contributed by atoms with Gasteiger partial charge in [-0.3, -0.25) is 14.9 Å². The molecule has 0 atom stereocenters. The van der Waals surface area contributed by atoms with Gasteiger partial charge in [-0.05, 0) is 54.9 Å². The Labute approximate surface area is 170 Å². The molecular weight excluding hydrogens is 374 g/mol. The highest BCUT2D eigenvalue weighted by Crippen LogP contribution is 2.16. The number of para-hydroxylation sites is 1. The molecule has 0 radical (unpaired) electrons. The van der Waals surface area contributed by atoms with Crippen molar-refractivity contribution >= 4 is 34.8 Å². The summed E-state index contributed by atoms with van der Waals surface area (Å²) in [6.45, 7) is 4.85. The minimum absolute atomic E-state index is 0.104. The Kier molecular flexibility index (Phi) is 7.95. The summed E-state index contributed by atoms with van der Waals surface area (Å²) in [4.78, 5) is 24.4. The van der Waals surface area contributed by atoms with Crippen LogP contribution in [-0.4, -0.2) is 30.6 Å². The topological polar surface area (TPSA) is 79.5 Å². The fraction of sp³-hybridized carbons (Fsp3) is 0.286. The van der Waals surface area contributed by atoms with Gasteiger partial charge in [0.2, 0.25) is 0 Å². The van der Waals surface area contributed by atoms with E-state index in [0.29, 0.717) is 35.1 Å². The maximum Gasteiger partial charge on any atom is 0.257 e. The Bertz CT molecular complexity index is 852. The van der Waals surface area contributed by atoms with E-state index in [1.165, 1.54) is 0 Å². The van der Waals surface area contributed by atoms with Gasteiger partial charge >= 0.3 is 0 Å². The van der Waals surface area contributed by atoms with Gasteiger partial charge in [0, 0.05) is 12.6 Å². The van der Waals surface area contributed by atoms with Gasteiger partial charge in [0.25, 0.3) is 11.8 Å². The van der Waals surface area contributed by atoms with Gasteiger partial charge in [0.15, 0.2) is 5.11 Å². The van der Waals surface area contributed by atoms with Gasteiger partial charge in [-0.15, -0.1) is 0 Å². The zero-order valence-electron chi connectivity index (χ0n) is 16.2. The molecule has 7 heteroatoms. The van der Waals surface area contributed by atoms with Crippen molar-refractivity contribution in [3.63, 3.8) is 0 Å². The number of carbonyl (C=O) groups is 2. The third-order valence-electron chi connectivity index (χ3n) is 3.93. The average molecular weight is 400 g/mol. The summed E-state index contributed by atoms with van der Waals surface area (Å²) in [5.41, 5.74) is 1.38. The molecule has 148 valence electrons. The fourth-order valence-corrected chi connectivity index (χ4v) is 2.60. The number of ether oxygens (including phenoxy) is 1.